The van der Waals surface area contributed by atoms with E-state index < -0.39 is 6.23 Å². The van der Waals surface area contributed by atoms with Crippen LogP contribution in [0, 0.1) is 12.8 Å². The summed E-state index contributed by atoms with van der Waals surface area (Å²) in [5.41, 5.74) is 0. The molecule has 0 saturated heterocycles. The number of rotatable bonds is 3. The Morgan fingerprint density at radius 2 is 2.20 bits per heavy atom. The van der Waals surface area contributed by atoms with Crippen molar-refractivity contribution in [2.45, 2.75) is 26.5 Å². The molecule has 1 atom stereocenters. The third-order valence-electron chi connectivity index (χ3n) is 0.921. The number of aliphatic hydroxyl groups excluding tert-OH is 1. The van der Waals surface area contributed by atoms with Crippen LogP contribution in [0.2, 0.25) is 0 Å². The van der Waals surface area contributed by atoms with Gasteiger partial charge in [0.15, 0.2) is 0 Å². The van der Waals surface area contributed by atoms with Crippen LogP contribution in [-0.2, 0) is 4.79 Å². The average molecular weight is 144 g/mol. The fraction of sp³-hybridized carbons (Fsp3) is 0.714. The van der Waals surface area contributed by atoms with Gasteiger partial charge in [-0.25, -0.2) is 0 Å². The predicted molar refractivity (Wildman–Crippen MR) is 39.0 cm³/mol. The first-order valence-electron chi connectivity index (χ1n) is 3.33. The molecule has 0 aromatic heterocycles. The molecule has 10 heavy (non-hydrogen) atoms. The smallest absolute Gasteiger partial charge is 0.222 e. The van der Waals surface area contributed by atoms with Crippen LogP contribution >= 0.6 is 0 Å². The molecule has 0 spiro atoms. The van der Waals surface area contributed by atoms with Gasteiger partial charge in [-0.05, 0) is 12.8 Å². The average Bonchev–Trinajstić information content (AvgIpc) is 1.58. The Labute approximate surface area is 61.4 Å². The topological polar surface area (TPSA) is 49.3 Å². The van der Waals surface area contributed by atoms with E-state index in [4.69, 9.17) is 5.11 Å². The van der Waals surface area contributed by atoms with Gasteiger partial charge in [0.05, 0.1) is 0 Å². The van der Waals surface area contributed by atoms with Crippen LogP contribution in [0.4, 0.5) is 0 Å². The van der Waals surface area contributed by atoms with Crippen molar-refractivity contribution < 1.29 is 9.90 Å². The molecule has 1 unspecified atom stereocenters. The van der Waals surface area contributed by atoms with Gasteiger partial charge in [-0.3, -0.25) is 4.79 Å². The van der Waals surface area contributed by atoms with Crippen molar-refractivity contribution in [3.63, 3.8) is 0 Å². The second-order valence-electron chi connectivity index (χ2n) is 2.68. The molecule has 1 amide bonds. The first-order valence-corrected chi connectivity index (χ1v) is 3.33. The van der Waals surface area contributed by atoms with Gasteiger partial charge in [0.25, 0.3) is 0 Å². The van der Waals surface area contributed by atoms with Gasteiger partial charge in [0.1, 0.15) is 6.23 Å². The summed E-state index contributed by atoms with van der Waals surface area (Å²) in [5, 5.41) is 10.9. The van der Waals surface area contributed by atoms with Gasteiger partial charge >= 0.3 is 0 Å². The first-order chi connectivity index (χ1) is 4.52. The largest absolute Gasteiger partial charge is 0.374 e. The molecular weight excluding hydrogens is 130 g/mol. The van der Waals surface area contributed by atoms with E-state index in [1.165, 1.54) is 0 Å². The molecule has 0 aliphatic carbocycles. The second-order valence-corrected chi connectivity index (χ2v) is 2.68. The van der Waals surface area contributed by atoms with Crippen molar-refractivity contribution in [3.05, 3.63) is 6.92 Å². The third kappa shape index (κ3) is 5.56. The van der Waals surface area contributed by atoms with Gasteiger partial charge in [-0.15, -0.1) is 0 Å². The van der Waals surface area contributed by atoms with E-state index in [9.17, 15) is 4.79 Å². The maximum Gasteiger partial charge on any atom is 0.222 e. The van der Waals surface area contributed by atoms with Gasteiger partial charge in [0, 0.05) is 6.42 Å². The van der Waals surface area contributed by atoms with Crippen LogP contribution in [0.3, 0.4) is 0 Å². The van der Waals surface area contributed by atoms with E-state index in [1.807, 2.05) is 13.8 Å². The molecule has 3 heteroatoms. The zero-order valence-electron chi connectivity index (χ0n) is 6.42. The lowest BCUT2D eigenvalue weighted by Gasteiger charge is -2.08. The number of nitrogens with one attached hydrogen (secondary N) is 1. The molecule has 0 aliphatic rings. The maximum absolute atomic E-state index is 10.8. The highest BCUT2D eigenvalue weighted by molar-refractivity contribution is 5.76. The van der Waals surface area contributed by atoms with E-state index in [0.29, 0.717) is 12.3 Å². The van der Waals surface area contributed by atoms with Gasteiger partial charge in [-0.2, -0.15) is 0 Å². The highest BCUT2D eigenvalue weighted by atomic mass is 16.3. The number of carbonyl (C=O) groups excluding carboxylic acids is 1. The molecule has 2 N–H and O–H groups in total. The zero-order chi connectivity index (χ0) is 8.15. The van der Waals surface area contributed by atoms with Gasteiger partial charge < -0.3 is 10.4 Å². The number of amides is 1. The maximum atomic E-state index is 10.8. The molecule has 3 nitrogen and oxygen atoms in total. The monoisotopic (exact) mass is 144 g/mol. The Kier molecular flexibility index (Phi) is 4.03. The van der Waals surface area contributed by atoms with Crippen LogP contribution in [0.1, 0.15) is 20.3 Å². The van der Waals surface area contributed by atoms with Gasteiger partial charge in [0.2, 0.25) is 5.91 Å². The van der Waals surface area contributed by atoms with E-state index in [2.05, 4.69) is 12.2 Å². The lowest BCUT2D eigenvalue weighted by molar-refractivity contribution is -0.123. The highest BCUT2D eigenvalue weighted by Gasteiger charge is 2.05. The standard InChI is InChI=1S/C7H14NO2/c1-5(2)4-7(10)8-6(3)9/h5-6,9H,3-4H2,1-2H3,(H,8,10). The molecule has 0 fully saturated rings. The summed E-state index contributed by atoms with van der Waals surface area (Å²) >= 11 is 0. The zero-order valence-corrected chi connectivity index (χ0v) is 6.42. The van der Waals surface area contributed by atoms with Crippen molar-refractivity contribution in [1.82, 2.24) is 5.32 Å². The van der Waals surface area contributed by atoms with Crippen LogP contribution in [0.15, 0.2) is 0 Å². The number of hydrogen-bond donors (Lipinski definition) is 2. The molecule has 0 rings (SSSR count). The summed E-state index contributed by atoms with van der Waals surface area (Å²) in [6.45, 7) is 7.09. The molecule has 0 aromatic rings. The Morgan fingerprint density at radius 1 is 1.70 bits per heavy atom. The van der Waals surface area contributed by atoms with Crippen LogP contribution in [0.5, 0.6) is 0 Å². The van der Waals surface area contributed by atoms with Crippen LogP contribution in [-0.4, -0.2) is 17.2 Å². The lowest BCUT2D eigenvalue weighted by Crippen LogP contribution is -2.32. The molecule has 0 aliphatic heterocycles. The van der Waals surface area contributed by atoms with Crippen LogP contribution in [0.25, 0.3) is 0 Å². The molecule has 59 valence electrons. The van der Waals surface area contributed by atoms with E-state index >= 15 is 0 Å². The molecule has 0 bridgehead atoms. The van der Waals surface area contributed by atoms with E-state index in [1.54, 1.807) is 0 Å². The minimum atomic E-state index is -0.980. The van der Waals surface area contributed by atoms with Gasteiger partial charge in [-0.1, -0.05) is 13.8 Å². The normalized spacial score (nSPS) is 13.3. The van der Waals surface area contributed by atoms with E-state index in [-0.39, 0.29) is 5.91 Å². The van der Waals surface area contributed by atoms with E-state index in [0.717, 1.165) is 0 Å². The Hall–Kier alpha value is -0.570. The minimum Gasteiger partial charge on any atom is -0.374 e. The SMILES string of the molecule is [CH2]C(O)NC(=O)CC(C)C. The van der Waals surface area contributed by atoms with Crippen LogP contribution < -0.4 is 5.32 Å². The quantitative estimate of drug-likeness (QED) is 0.560. The summed E-state index contributed by atoms with van der Waals surface area (Å²) in [4.78, 5) is 10.8. The Balaban J connectivity index is 3.44. The number of hydrogen-bond acceptors (Lipinski definition) is 2. The summed E-state index contributed by atoms with van der Waals surface area (Å²) in [6, 6.07) is 0. The van der Waals surface area contributed by atoms with Crippen molar-refractivity contribution >= 4 is 5.91 Å². The molecule has 0 saturated carbocycles. The summed E-state index contributed by atoms with van der Waals surface area (Å²) in [5.74, 6) is 0.163. The number of aliphatic hydroxyl groups is 1. The summed E-state index contributed by atoms with van der Waals surface area (Å²) in [7, 11) is 0. The van der Waals surface area contributed by atoms with Crippen molar-refractivity contribution in [3.8, 4) is 0 Å². The molecular formula is C7H14NO2. The fourth-order valence-corrected chi connectivity index (χ4v) is 0.616. The Morgan fingerprint density at radius 3 is 2.50 bits per heavy atom. The third-order valence-corrected chi connectivity index (χ3v) is 0.921. The summed E-state index contributed by atoms with van der Waals surface area (Å²) < 4.78 is 0. The van der Waals surface area contributed by atoms with Crippen molar-refractivity contribution in [1.29, 1.82) is 0 Å². The fourth-order valence-electron chi connectivity index (χ4n) is 0.616. The lowest BCUT2D eigenvalue weighted by atomic mass is 10.1. The highest BCUT2D eigenvalue weighted by Crippen LogP contribution is 1.97. The second kappa shape index (κ2) is 4.28. The molecule has 0 heterocycles. The predicted octanol–water partition coefficient (Wildman–Crippen LogP) is 0.301. The molecule has 1 radical (unpaired) electrons. The first kappa shape index (κ1) is 9.43. The number of carbonyl (C=O) groups is 1. The van der Waals surface area contributed by atoms with Crippen molar-refractivity contribution in [2.24, 2.45) is 5.92 Å². The molecule has 0 aromatic carbocycles. The Bertz CT molecular complexity index is 98.2. The van der Waals surface area contributed by atoms with Crippen molar-refractivity contribution in [2.75, 3.05) is 0 Å². The minimum absolute atomic E-state index is 0.155. The summed E-state index contributed by atoms with van der Waals surface area (Å²) in [6.07, 6.45) is -0.543.